The number of rotatable bonds is 8. The van der Waals surface area contributed by atoms with Gasteiger partial charge in [0.25, 0.3) is 0 Å². The molecule has 30 heavy (non-hydrogen) atoms. The lowest BCUT2D eigenvalue weighted by Gasteiger charge is -2.12. The minimum atomic E-state index is -3.96. The van der Waals surface area contributed by atoms with E-state index in [0.717, 1.165) is 24.2 Å². The van der Waals surface area contributed by atoms with Crippen LogP contribution in [-0.2, 0) is 23.1 Å². The molecule has 11 heteroatoms. The number of hydrogen-bond acceptors (Lipinski definition) is 7. The third-order valence-corrected chi connectivity index (χ3v) is 5.54. The lowest BCUT2D eigenvalue weighted by Crippen LogP contribution is -2.19. The number of hydrogen-bond donors (Lipinski definition) is 3. The van der Waals surface area contributed by atoms with Gasteiger partial charge in [0, 0.05) is 31.0 Å². The zero-order valence-electron chi connectivity index (χ0n) is 15.9. The van der Waals surface area contributed by atoms with Gasteiger partial charge in [0.05, 0.1) is 11.4 Å². The second-order valence-corrected chi connectivity index (χ2v) is 8.15. The fraction of sp³-hybridized carbons (Fsp3) is 0.158. The number of nitrogens with zero attached hydrogens (tertiary/aromatic N) is 5. The molecule has 4 rings (SSSR count). The predicted molar refractivity (Wildman–Crippen MR) is 110 cm³/mol. The molecule has 4 N–H and O–H groups in total. The standard InChI is InChI=1S/C19H20N8O2S/c20-30(28,29)17-4-1-3-16(18(17)19-23-25-26-24-19)15-7-5-14(6-8-15)13-21-10-12-27-11-2-9-22-27/h1-9,11,21H,10,12-13H2,(H2,20,28,29)(H,23,24,25,26). The van der Waals surface area contributed by atoms with Crippen LogP contribution in [0.1, 0.15) is 5.56 Å². The van der Waals surface area contributed by atoms with E-state index in [1.165, 1.54) is 6.07 Å². The molecule has 10 nitrogen and oxygen atoms in total. The van der Waals surface area contributed by atoms with Gasteiger partial charge < -0.3 is 5.32 Å². The summed E-state index contributed by atoms with van der Waals surface area (Å²) in [5.41, 5.74) is 2.94. The average molecular weight is 424 g/mol. The molecule has 0 atom stereocenters. The van der Waals surface area contributed by atoms with E-state index in [-0.39, 0.29) is 10.7 Å². The highest BCUT2D eigenvalue weighted by Gasteiger charge is 2.21. The number of aromatic amines is 1. The molecule has 2 aromatic heterocycles. The van der Waals surface area contributed by atoms with E-state index in [9.17, 15) is 8.42 Å². The SMILES string of the molecule is NS(=O)(=O)c1cccc(-c2ccc(CNCCn3cccn3)cc2)c1-c1nnn[nH]1. The number of primary sulfonamides is 1. The van der Waals surface area contributed by atoms with Crippen molar-refractivity contribution in [1.82, 2.24) is 35.7 Å². The fourth-order valence-electron chi connectivity index (χ4n) is 3.18. The lowest BCUT2D eigenvalue weighted by molar-refractivity contribution is 0.555. The highest BCUT2D eigenvalue weighted by atomic mass is 32.2. The van der Waals surface area contributed by atoms with Gasteiger partial charge in [0.1, 0.15) is 0 Å². The van der Waals surface area contributed by atoms with Gasteiger partial charge in [-0.25, -0.2) is 18.7 Å². The summed E-state index contributed by atoms with van der Waals surface area (Å²) in [5.74, 6) is 0.235. The maximum Gasteiger partial charge on any atom is 0.238 e. The monoisotopic (exact) mass is 424 g/mol. The van der Waals surface area contributed by atoms with Gasteiger partial charge in [-0.3, -0.25) is 4.68 Å². The Hall–Kier alpha value is -3.41. The van der Waals surface area contributed by atoms with Gasteiger partial charge in [0.2, 0.25) is 10.0 Å². The molecule has 2 aromatic carbocycles. The zero-order valence-corrected chi connectivity index (χ0v) is 16.7. The van der Waals surface area contributed by atoms with Gasteiger partial charge in [0.15, 0.2) is 5.82 Å². The number of H-pyrrole nitrogens is 1. The number of nitrogens with one attached hydrogen (secondary N) is 2. The molecule has 0 aliphatic rings. The summed E-state index contributed by atoms with van der Waals surface area (Å²) in [6.45, 7) is 2.29. The summed E-state index contributed by atoms with van der Waals surface area (Å²) in [4.78, 5) is -0.0390. The zero-order chi connectivity index (χ0) is 21.0. The summed E-state index contributed by atoms with van der Waals surface area (Å²) >= 11 is 0. The molecule has 0 aliphatic carbocycles. The first kappa shape index (κ1) is 19.9. The lowest BCUT2D eigenvalue weighted by atomic mass is 9.98. The summed E-state index contributed by atoms with van der Waals surface area (Å²) in [6, 6.07) is 14.6. The molecule has 0 fully saturated rings. The van der Waals surface area contributed by atoms with E-state index in [1.807, 2.05) is 47.3 Å². The first-order chi connectivity index (χ1) is 14.5. The molecule has 0 amide bonds. The molecule has 0 aliphatic heterocycles. The summed E-state index contributed by atoms with van der Waals surface area (Å²) in [6.07, 6.45) is 3.68. The molecular formula is C19H20N8O2S. The van der Waals surface area contributed by atoms with Crippen molar-refractivity contribution in [3.05, 3.63) is 66.5 Å². The fourth-order valence-corrected chi connectivity index (χ4v) is 3.94. The number of benzene rings is 2. The van der Waals surface area contributed by atoms with Crippen LogP contribution in [0.3, 0.4) is 0 Å². The van der Waals surface area contributed by atoms with Crippen LogP contribution in [0.25, 0.3) is 22.5 Å². The summed E-state index contributed by atoms with van der Waals surface area (Å²) in [7, 11) is -3.96. The van der Waals surface area contributed by atoms with E-state index in [0.29, 0.717) is 17.7 Å². The molecular weight excluding hydrogens is 404 g/mol. The van der Waals surface area contributed by atoms with Crippen molar-refractivity contribution in [3.8, 4) is 22.5 Å². The first-order valence-electron chi connectivity index (χ1n) is 9.20. The third-order valence-electron chi connectivity index (χ3n) is 4.59. The Morgan fingerprint density at radius 3 is 2.60 bits per heavy atom. The average Bonchev–Trinajstić information content (AvgIpc) is 3.45. The van der Waals surface area contributed by atoms with Crippen LogP contribution in [0.5, 0.6) is 0 Å². The molecule has 0 spiro atoms. The van der Waals surface area contributed by atoms with E-state index in [1.54, 1.807) is 12.3 Å². The Morgan fingerprint density at radius 2 is 1.93 bits per heavy atom. The maximum absolute atomic E-state index is 12.1. The van der Waals surface area contributed by atoms with E-state index in [2.05, 4.69) is 31.0 Å². The normalized spacial score (nSPS) is 11.6. The highest BCUT2D eigenvalue weighted by molar-refractivity contribution is 7.89. The molecule has 0 bridgehead atoms. The van der Waals surface area contributed by atoms with Gasteiger partial charge >= 0.3 is 0 Å². The maximum atomic E-state index is 12.1. The largest absolute Gasteiger partial charge is 0.311 e. The van der Waals surface area contributed by atoms with Gasteiger partial charge in [-0.2, -0.15) is 5.10 Å². The summed E-state index contributed by atoms with van der Waals surface area (Å²) < 4.78 is 26.1. The number of aromatic nitrogens is 6. The Bertz CT molecular complexity index is 1200. The molecule has 0 radical (unpaired) electrons. The molecule has 154 valence electrons. The van der Waals surface area contributed by atoms with Crippen LogP contribution >= 0.6 is 0 Å². The van der Waals surface area contributed by atoms with Crippen LogP contribution in [0, 0.1) is 0 Å². The summed E-state index contributed by atoms with van der Waals surface area (Å²) in [5, 5.41) is 26.6. The van der Waals surface area contributed by atoms with Gasteiger partial charge in [-0.05, 0) is 39.2 Å². The van der Waals surface area contributed by atoms with Gasteiger partial charge in [-0.15, -0.1) is 5.10 Å². The first-order valence-corrected chi connectivity index (χ1v) is 10.7. The van der Waals surface area contributed by atoms with Crippen molar-refractivity contribution >= 4 is 10.0 Å². The smallest absolute Gasteiger partial charge is 0.238 e. The van der Waals surface area contributed by atoms with Crippen molar-refractivity contribution in [1.29, 1.82) is 0 Å². The number of tetrazole rings is 1. The Morgan fingerprint density at radius 1 is 1.10 bits per heavy atom. The van der Waals surface area contributed by atoms with E-state index < -0.39 is 10.0 Å². The molecule has 2 heterocycles. The minimum Gasteiger partial charge on any atom is -0.311 e. The molecule has 0 unspecified atom stereocenters. The number of sulfonamides is 1. The quantitative estimate of drug-likeness (QED) is 0.360. The van der Waals surface area contributed by atoms with Crippen molar-refractivity contribution in [2.75, 3.05) is 6.54 Å². The topological polar surface area (TPSA) is 144 Å². The van der Waals surface area contributed by atoms with Crippen LogP contribution < -0.4 is 10.5 Å². The Kier molecular flexibility index (Phi) is 5.65. The predicted octanol–water partition coefficient (Wildman–Crippen LogP) is 1.17. The van der Waals surface area contributed by atoms with Crippen molar-refractivity contribution < 1.29 is 8.42 Å². The number of nitrogens with two attached hydrogens (primary N) is 1. The third kappa shape index (κ3) is 4.43. The molecule has 0 saturated heterocycles. The van der Waals surface area contributed by atoms with Crippen LogP contribution in [0.2, 0.25) is 0 Å². The van der Waals surface area contributed by atoms with Crippen LogP contribution in [-0.4, -0.2) is 45.4 Å². The second kappa shape index (κ2) is 8.53. The Balaban J connectivity index is 1.55. The van der Waals surface area contributed by atoms with E-state index >= 15 is 0 Å². The molecule has 4 aromatic rings. The minimum absolute atomic E-state index is 0.0390. The van der Waals surface area contributed by atoms with E-state index in [4.69, 9.17) is 5.14 Å². The van der Waals surface area contributed by atoms with Crippen molar-refractivity contribution in [3.63, 3.8) is 0 Å². The highest BCUT2D eigenvalue weighted by Crippen LogP contribution is 2.34. The van der Waals surface area contributed by atoms with Crippen molar-refractivity contribution in [2.45, 2.75) is 18.0 Å². The second-order valence-electron chi connectivity index (χ2n) is 6.62. The Labute approximate surface area is 173 Å². The van der Waals surface area contributed by atoms with Crippen LogP contribution in [0.4, 0.5) is 0 Å². The van der Waals surface area contributed by atoms with Crippen molar-refractivity contribution in [2.24, 2.45) is 5.14 Å². The van der Waals surface area contributed by atoms with Crippen LogP contribution in [0.15, 0.2) is 65.8 Å². The van der Waals surface area contributed by atoms with Gasteiger partial charge in [-0.1, -0.05) is 36.4 Å². The molecule has 0 saturated carbocycles.